The van der Waals surface area contributed by atoms with Crippen LogP contribution in [-0.2, 0) is 32.1 Å². The van der Waals surface area contributed by atoms with E-state index in [0.717, 1.165) is 5.56 Å². The van der Waals surface area contributed by atoms with Gasteiger partial charge < -0.3 is 30.1 Å². The fourth-order valence-electron chi connectivity index (χ4n) is 2.99. The number of carbonyl (C=O) groups excluding carboxylic acids is 2. The van der Waals surface area contributed by atoms with E-state index in [0.29, 0.717) is 17.9 Å². The van der Waals surface area contributed by atoms with Crippen molar-refractivity contribution < 1.29 is 29.0 Å². The van der Waals surface area contributed by atoms with Crippen LogP contribution in [-0.4, -0.2) is 48.8 Å². The summed E-state index contributed by atoms with van der Waals surface area (Å²) in [6.45, 7) is 0.262. The molecular weight excluding hydrogens is 402 g/mol. The molecule has 1 unspecified atom stereocenters. The Labute approximate surface area is 180 Å². The molecule has 0 spiro atoms. The number of nitrogens with one attached hydrogen (secondary N) is 2. The van der Waals surface area contributed by atoms with Crippen LogP contribution in [0, 0.1) is 0 Å². The van der Waals surface area contributed by atoms with Crippen molar-refractivity contribution in [3.8, 4) is 5.75 Å². The molecule has 9 nitrogen and oxygen atoms in total. The quantitative estimate of drug-likeness (QED) is 0.594. The van der Waals surface area contributed by atoms with Crippen LogP contribution in [0.4, 0.5) is 4.79 Å². The van der Waals surface area contributed by atoms with Gasteiger partial charge in [0.25, 0.3) is 0 Å². The van der Waals surface area contributed by atoms with Crippen molar-refractivity contribution in [3.05, 3.63) is 65.7 Å². The van der Waals surface area contributed by atoms with Gasteiger partial charge in [-0.2, -0.15) is 0 Å². The van der Waals surface area contributed by atoms with E-state index >= 15 is 0 Å². The van der Waals surface area contributed by atoms with Crippen molar-refractivity contribution in [1.29, 1.82) is 0 Å². The number of phenols is 1. The number of amides is 2. The van der Waals surface area contributed by atoms with E-state index in [4.69, 9.17) is 14.3 Å². The summed E-state index contributed by atoms with van der Waals surface area (Å²) in [5.74, 6) is 0.0546. The van der Waals surface area contributed by atoms with Gasteiger partial charge in [-0.05, 0) is 17.2 Å². The summed E-state index contributed by atoms with van der Waals surface area (Å²) in [5.41, 5.74) is 1.35. The summed E-state index contributed by atoms with van der Waals surface area (Å²) in [5, 5.41) is 19.1. The zero-order valence-corrected chi connectivity index (χ0v) is 17.1. The predicted octanol–water partition coefficient (Wildman–Crippen LogP) is 2.09. The van der Waals surface area contributed by atoms with Gasteiger partial charge >= 0.3 is 6.09 Å². The number of alkyl carbamates (subject to hydrolysis) is 1. The zero-order valence-electron chi connectivity index (χ0n) is 17.1. The third kappa shape index (κ3) is 6.63. The molecule has 2 amide bonds. The minimum Gasteiger partial charge on any atom is -0.508 e. The monoisotopic (exact) mass is 427 g/mol. The summed E-state index contributed by atoms with van der Waals surface area (Å²) >= 11 is 0. The molecule has 31 heavy (non-hydrogen) atoms. The van der Waals surface area contributed by atoms with Crippen molar-refractivity contribution in [2.45, 2.75) is 31.6 Å². The maximum Gasteiger partial charge on any atom is 0.408 e. The second kappa shape index (κ2) is 10.9. The molecule has 0 fully saturated rings. The Bertz CT molecular complexity index is 918. The Balaban J connectivity index is 1.59. The van der Waals surface area contributed by atoms with Gasteiger partial charge in [0.1, 0.15) is 18.4 Å². The largest absolute Gasteiger partial charge is 0.508 e. The average Bonchev–Trinajstić information content (AvgIpc) is 3.26. The standard InChI is InChI=1S/C22H25N3O6/c1-29-20-12-17(31-25-20)13-23-21(27)18(11-16-9-5-6-10-19(16)26)24-22(28)30-14-15-7-3-2-4-8-15/h2-10,17-18,26H,11-14H2,1H3,(H,23,27)(H,24,28)/t17?,18-/m0/s1. The molecule has 2 atom stereocenters. The van der Waals surface area contributed by atoms with Gasteiger partial charge in [-0.25, -0.2) is 4.79 Å². The van der Waals surface area contributed by atoms with Crippen LogP contribution in [0.3, 0.4) is 0 Å². The molecule has 0 radical (unpaired) electrons. The maximum atomic E-state index is 12.8. The number of nitrogens with zero attached hydrogens (tertiary/aromatic N) is 1. The van der Waals surface area contributed by atoms with Crippen molar-refractivity contribution in [1.82, 2.24) is 10.6 Å². The molecule has 0 aromatic heterocycles. The van der Waals surface area contributed by atoms with Crippen LogP contribution in [0.15, 0.2) is 59.8 Å². The van der Waals surface area contributed by atoms with Gasteiger partial charge in [0.15, 0.2) is 6.10 Å². The van der Waals surface area contributed by atoms with E-state index < -0.39 is 18.0 Å². The Hall–Kier alpha value is -3.75. The number of hydrogen-bond acceptors (Lipinski definition) is 7. The molecule has 3 N–H and O–H groups in total. The van der Waals surface area contributed by atoms with E-state index in [1.165, 1.54) is 13.2 Å². The highest BCUT2D eigenvalue weighted by molar-refractivity contribution is 5.86. The highest BCUT2D eigenvalue weighted by Crippen LogP contribution is 2.18. The van der Waals surface area contributed by atoms with Gasteiger partial charge in [0.2, 0.25) is 11.8 Å². The number of para-hydroxylation sites is 1. The summed E-state index contributed by atoms with van der Waals surface area (Å²) < 4.78 is 10.2. The number of benzene rings is 2. The molecule has 2 aromatic rings. The SMILES string of the molecule is COC1=NOC(CNC(=O)[C@H](Cc2ccccc2O)NC(=O)OCc2ccccc2)C1. The first-order valence-corrected chi connectivity index (χ1v) is 9.83. The first-order chi connectivity index (χ1) is 15.0. The molecular formula is C22H25N3O6. The van der Waals surface area contributed by atoms with Crippen LogP contribution >= 0.6 is 0 Å². The van der Waals surface area contributed by atoms with Gasteiger partial charge in [-0.1, -0.05) is 53.7 Å². The fraction of sp³-hybridized carbons (Fsp3) is 0.318. The number of ether oxygens (including phenoxy) is 2. The van der Waals surface area contributed by atoms with Crippen molar-refractivity contribution in [2.75, 3.05) is 13.7 Å². The lowest BCUT2D eigenvalue weighted by Gasteiger charge is -2.20. The summed E-state index contributed by atoms with van der Waals surface area (Å²) in [6, 6.07) is 14.9. The van der Waals surface area contributed by atoms with E-state index in [1.54, 1.807) is 18.2 Å². The van der Waals surface area contributed by atoms with Crippen molar-refractivity contribution in [3.63, 3.8) is 0 Å². The van der Waals surface area contributed by atoms with Crippen LogP contribution in [0.2, 0.25) is 0 Å². The van der Waals surface area contributed by atoms with Crippen molar-refractivity contribution in [2.24, 2.45) is 5.16 Å². The molecule has 0 bridgehead atoms. The number of carbonyl (C=O) groups is 2. The lowest BCUT2D eigenvalue weighted by molar-refractivity contribution is -0.123. The first kappa shape index (κ1) is 21.9. The minimum absolute atomic E-state index is 0.0389. The highest BCUT2D eigenvalue weighted by Gasteiger charge is 2.26. The molecule has 0 aliphatic carbocycles. The Kier molecular flexibility index (Phi) is 7.69. The number of rotatable bonds is 8. The molecule has 2 aromatic carbocycles. The lowest BCUT2D eigenvalue weighted by Crippen LogP contribution is -2.49. The molecule has 1 aliphatic rings. The van der Waals surface area contributed by atoms with E-state index in [1.807, 2.05) is 30.3 Å². The number of oxime groups is 1. The highest BCUT2D eigenvalue weighted by atomic mass is 16.7. The lowest BCUT2D eigenvalue weighted by atomic mass is 10.0. The van der Waals surface area contributed by atoms with Gasteiger partial charge in [-0.15, -0.1) is 0 Å². The molecule has 0 saturated heterocycles. The van der Waals surface area contributed by atoms with E-state index in [9.17, 15) is 14.7 Å². The molecule has 1 aliphatic heterocycles. The third-order valence-electron chi connectivity index (χ3n) is 4.68. The molecule has 9 heteroatoms. The number of phenolic OH excluding ortho intramolecular Hbond substituents is 1. The number of aromatic hydroxyl groups is 1. The van der Waals surface area contributed by atoms with E-state index in [2.05, 4.69) is 15.8 Å². The molecule has 0 saturated carbocycles. The Morgan fingerprint density at radius 2 is 1.94 bits per heavy atom. The second-order valence-electron chi connectivity index (χ2n) is 6.96. The normalized spacial score (nSPS) is 15.9. The number of hydrogen-bond donors (Lipinski definition) is 3. The number of methoxy groups -OCH3 is 1. The topological polar surface area (TPSA) is 118 Å². The Morgan fingerprint density at radius 1 is 1.19 bits per heavy atom. The molecule has 3 rings (SSSR count). The van der Waals surface area contributed by atoms with Gasteiger partial charge in [0.05, 0.1) is 20.1 Å². The zero-order chi connectivity index (χ0) is 22.1. The van der Waals surface area contributed by atoms with Gasteiger partial charge in [0, 0.05) is 6.42 Å². The van der Waals surface area contributed by atoms with E-state index in [-0.39, 0.29) is 31.4 Å². The maximum absolute atomic E-state index is 12.8. The van der Waals surface area contributed by atoms with Crippen molar-refractivity contribution >= 4 is 17.9 Å². The van der Waals surface area contributed by atoms with Gasteiger partial charge in [-0.3, -0.25) is 4.79 Å². The molecule has 164 valence electrons. The smallest absolute Gasteiger partial charge is 0.408 e. The predicted molar refractivity (Wildman–Crippen MR) is 112 cm³/mol. The van der Waals surface area contributed by atoms with Crippen LogP contribution in [0.5, 0.6) is 5.75 Å². The fourth-order valence-corrected chi connectivity index (χ4v) is 2.99. The second-order valence-corrected chi connectivity index (χ2v) is 6.96. The third-order valence-corrected chi connectivity index (χ3v) is 4.68. The minimum atomic E-state index is -0.958. The summed E-state index contributed by atoms with van der Waals surface area (Å²) in [6.07, 6.45) is -0.561. The van der Waals surface area contributed by atoms with Crippen LogP contribution in [0.25, 0.3) is 0 Å². The first-order valence-electron chi connectivity index (χ1n) is 9.83. The Morgan fingerprint density at radius 3 is 2.65 bits per heavy atom. The summed E-state index contributed by atoms with van der Waals surface area (Å²) in [4.78, 5) is 30.3. The summed E-state index contributed by atoms with van der Waals surface area (Å²) in [7, 11) is 1.50. The van der Waals surface area contributed by atoms with Crippen LogP contribution in [0.1, 0.15) is 17.5 Å². The van der Waals surface area contributed by atoms with Crippen LogP contribution < -0.4 is 10.6 Å². The molecule has 1 heterocycles. The average molecular weight is 427 g/mol.